The molecule has 7 heteroatoms. The summed E-state index contributed by atoms with van der Waals surface area (Å²) in [5, 5.41) is 13.7. The summed E-state index contributed by atoms with van der Waals surface area (Å²) in [5.74, 6) is 0.726. The van der Waals surface area contributed by atoms with Gasteiger partial charge in [-0.1, -0.05) is 6.92 Å². The Bertz CT molecular complexity index is 457. The number of rotatable bonds is 7. The second-order valence-corrected chi connectivity index (χ2v) is 5.11. The molecule has 0 aromatic heterocycles. The molecule has 1 aromatic rings. The number of ether oxygens (including phenoxy) is 1. The Labute approximate surface area is 115 Å². The number of halogens is 1. The quantitative estimate of drug-likeness (QED) is 0.616. The second kappa shape index (κ2) is 7.18. The summed E-state index contributed by atoms with van der Waals surface area (Å²) in [6.07, 6.45) is 2.01. The maximum Gasteiger partial charge on any atom is 0.313 e. The van der Waals surface area contributed by atoms with Crippen LogP contribution in [0, 0.1) is 21.8 Å². The largest absolute Gasteiger partial charge is 0.490 e. The normalized spacial score (nSPS) is 12.0. The molecule has 0 fully saturated rings. The van der Waals surface area contributed by atoms with E-state index >= 15 is 0 Å². The lowest BCUT2D eigenvalue weighted by atomic mass is 10.2. The van der Waals surface area contributed by atoms with Gasteiger partial charge >= 0.3 is 5.69 Å². The predicted molar refractivity (Wildman–Crippen MR) is 75.6 cm³/mol. The summed E-state index contributed by atoms with van der Waals surface area (Å²) in [4.78, 5) is 10.1. The van der Waals surface area contributed by atoms with Crippen LogP contribution in [0.3, 0.4) is 0 Å². The number of benzene rings is 1. The van der Waals surface area contributed by atoms with Crippen molar-refractivity contribution in [3.05, 3.63) is 28.1 Å². The lowest BCUT2D eigenvalue weighted by molar-refractivity contribution is -0.385. The molecule has 0 amide bonds. The van der Waals surface area contributed by atoms with Crippen molar-refractivity contribution in [2.45, 2.75) is 6.92 Å². The monoisotopic (exact) mass is 288 g/mol. The van der Waals surface area contributed by atoms with Crippen LogP contribution in [0.15, 0.2) is 12.1 Å². The molecule has 0 aliphatic rings. The molecule has 1 atom stereocenters. The third-order valence-electron chi connectivity index (χ3n) is 2.56. The molecule has 1 unspecified atom stereocenters. The van der Waals surface area contributed by atoms with E-state index in [0.717, 1.165) is 11.8 Å². The summed E-state index contributed by atoms with van der Waals surface area (Å²) in [7, 11) is 1.32. The lowest BCUT2D eigenvalue weighted by Crippen LogP contribution is -2.14. The Hall–Kier alpha value is -1.50. The molecule has 1 aromatic carbocycles. The first-order chi connectivity index (χ1) is 8.99. The molecule has 0 saturated carbocycles. The van der Waals surface area contributed by atoms with Gasteiger partial charge in [-0.2, -0.15) is 11.8 Å². The van der Waals surface area contributed by atoms with Gasteiger partial charge in [-0.05, 0) is 17.9 Å². The zero-order valence-electron chi connectivity index (χ0n) is 11.1. The van der Waals surface area contributed by atoms with E-state index in [1.54, 1.807) is 11.8 Å². The first kappa shape index (κ1) is 15.6. The molecule has 0 bridgehead atoms. The maximum absolute atomic E-state index is 13.7. The number of nitro groups is 1. The van der Waals surface area contributed by atoms with Crippen molar-refractivity contribution in [2.75, 3.05) is 31.0 Å². The first-order valence-corrected chi connectivity index (χ1v) is 7.13. The number of nitrogens with one attached hydrogen (secondary N) is 1. The molecule has 0 saturated heterocycles. The molecule has 1 rings (SSSR count). The summed E-state index contributed by atoms with van der Waals surface area (Å²) < 4.78 is 18.6. The van der Waals surface area contributed by atoms with Gasteiger partial charge in [0.05, 0.1) is 23.8 Å². The number of thioether (sulfide) groups is 1. The van der Waals surface area contributed by atoms with Crippen molar-refractivity contribution in [1.29, 1.82) is 0 Å². The minimum Gasteiger partial charge on any atom is -0.490 e. The molecule has 5 nitrogen and oxygen atoms in total. The third-order valence-corrected chi connectivity index (χ3v) is 3.46. The molecule has 106 valence electrons. The van der Waals surface area contributed by atoms with E-state index in [9.17, 15) is 14.5 Å². The number of hydrogen-bond acceptors (Lipinski definition) is 5. The summed E-state index contributed by atoms with van der Waals surface area (Å²) in [6, 6.07) is 2.19. The molecular weight excluding hydrogens is 271 g/mol. The number of nitrogens with zero attached hydrogens (tertiary/aromatic N) is 1. The zero-order chi connectivity index (χ0) is 14.4. The van der Waals surface area contributed by atoms with Crippen molar-refractivity contribution in [3.8, 4) is 5.75 Å². The fourth-order valence-electron chi connectivity index (χ4n) is 1.61. The Kier molecular flexibility index (Phi) is 5.88. The van der Waals surface area contributed by atoms with Crippen LogP contribution in [0.5, 0.6) is 5.75 Å². The first-order valence-electron chi connectivity index (χ1n) is 5.74. The predicted octanol–water partition coefficient (Wildman–Crippen LogP) is 3.15. The number of nitro benzene ring substituents is 1. The van der Waals surface area contributed by atoms with Crippen LogP contribution < -0.4 is 10.1 Å². The average molecular weight is 288 g/mol. The Morgan fingerprint density at radius 3 is 2.79 bits per heavy atom. The van der Waals surface area contributed by atoms with E-state index in [1.165, 1.54) is 13.2 Å². The van der Waals surface area contributed by atoms with Gasteiger partial charge in [0.2, 0.25) is 0 Å². The van der Waals surface area contributed by atoms with Gasteiger partial charge in [0, 0.05) is 12.6 Å². The van der Waals surface area contributed by atoms with Crippen molar-refractivity contribution in [2.24, 2.45) is 5.92 Å². The van der Waals surface area contributed by atoms with Gasteiger partial charge in [-0.25, -0.2) is 4.39 Å². The van der Waals surface area contributed by atoms with E-state index in [-0.39, 0.29) is 17.1 Å². The van der Waals surface area contributed by atoms with Crippen molar-refractivity contribution >= 4 is 23.1 Å². The van der Waals surface area contributed by atoms with Gasteiger partial charge in [0.25, 0.3) is 0 Å². The molecule has 0 aliphatic heterocycles. The highest BCUT2D eigenvalue weighted by Crippen LogP contribution is 2.32. The highest BCUT2D eigenvalue weighted by molar-refractivity contribution is 7.98. The summed E-state index contributed by atoms with van der Waals surface area (Å²) in [5.41, 5.74) is -0.155. The summed E-state index contributed by atoms with van der Waals surface area (Å²) in [6.45, 7) is 2.64. The third kappa shape index (κ3) is 4.27. The maximum atomic E-state index is 13.7. The molecule has 0 spiro atoms. The number of hydrogen-bond donors (Lipinski definition) is 1. The Morgan fingerprint density at radius 2 is 2.26 bits per heavy atom. The van der Waals surface area contributed by atoms with E-state index in [0.29, 0.717) is 12.5 Å². The molecule has 0 radical (unpaired) electrons. The molecular formula is C12H17FN2O3S. The van der Waals surface area contributed by atoms with Crippen LogP contribution in [-0.2, 0) is 0 Å². The minimum absolute atomic E-state index is 0.0476. The Morgan fingerprint density at radius 1 is 1.58 bits per heavy atom. The van der Waals surface area contributed by atoms with Crippen molar-refractivity contribution in [3.63, 3.8) is 0 Å². The van der Waals surface area contributed by atoms with E-state index < -0.39 is 10.7 Å². The van der Waals surface area contributed by atoms with Crippen LogP contribution in [0.4, 0.5) is 15.8 Å². The van der Waals surface area contributed by atoms with Crippen molar-refractivity contribution < 1.29 is 14.1 Å². The molecule has 1 N–H and O–H groups in total. The standard InChI is InChI=1S/C12H17FN2O3S/c1-8(7-19-3)6-14-10-5-12(18-2)11(15(16)17)4-9(10)13/h4-5,8,14H,6-7H2,1-3H3. The SMILES string of the molecule is COc1cc(NCC(C)CSC)c(F)cc1[N+](=O)[O-]. The number of anilines is 1. The molecule has 0 heterocycles. The molecule has 0 aliphatic carbocycles. The Balaban J connectivity index is 2.87. The fraction of sp³-hybridized carbons (Fsp3) is 0.500. The van der Waals surface area contributed by atoms with Crippen LogP contribution in [0.1, 0.15) is 6.92 Å². The van der Waals surface area contributed by atoms with E-state index in [1.807, 2.05) is 13.2 Å². The zero-order valence-corrected chi connectivity index (χ0v) is 11.9. The highest BCUT2D eigenvalue weighted by Gasteiger charge is 2.19. The van der Waals surface area contributed by atoms with Crippen LogP contribution in [0.25, 0.3) is 0 Å². The minimum atomic E-state index is -0.665. The van der Waals surface area contributed by atoms with Crippen molar-refractivity contribution in [1.82, 2.24) is 0 Å². The molecule has 19 heavy (non-hydrogen) atoms. The topological polar surface area (TPSA) is 64.4 Å². The van der Waals surface area contributed by atoms with Gasteiger partial charge in [0.1, 0.15) is 0 Å². The van der Waals surface area contributed by atoms with Gasteiger partial charge in [0.15, 0.2) is 11.6 Å². The van der Waals surface area contributed by atoms with Crippen LogP contribution in [0.2, 0.25) is 0 Å². The van der Waals surface area contributed by atoms with E-state index in [4.69, 9.17) is 4.74 Å². The smallest absolute Gasteiger partial charge is 0.313 e. The highest BCUT2D eigenvalue weighted by atomic mass is 32.2. The summed E-state index contributed by atoms with van der Waals surface area (Å²) >= 11 is 1.72. The van der Waals surface area contributed by atoms with Gasteiger partial charge in [-0.3, -0.25) is 10.1 Å². The van der Waals surface area contributed by atoms with E-state index in [2.05, 4.69) is 5.32 Å². The van der Waals surface area contributed by atoms with Gasteiger partial charge in [-0.15, -0.1) is 0 Å². The fourth-order valence-corrected chi connectivity index (χ4v) is 2.30. The van der Waals surface area contributed by atoms with Crippen LogP contribution in [-0.4, -0.2) is 30.6 Å². The number of methoxy groups -OCH3 is 1. The lowest BCUT2D eigenvalue weighted by Gasteiger charge is -2.13. The average Bonchev–Trinajstić information content (AvgIpc) is 2.37. The second-order valence-electron chi connectivity index (χ2n) is 4.20. The van der Waals surface area contributed by atoms with Crippen LogP contribution >= 0.6 is 11.8 Å². The van der Waals surface area contributed by atoms with Gasteiger partial charge < -0.3 is 10.1 Å².